The molecule has 4 heteroatoms. The second-order valence-electron chi connectivity index (χ2n) is 5.34. The molecule has 24 heavy (non-hydrogen) atoms. The number of carbonyl (C=O) groups is 1. The van der Waals surface area contributed by atoms with Crippen LogP contribution in [0.1, 0.15) is 5.56 Å². The number of nitrogens with one attached hydrogen (secondary N) is 2. The molecule has 0 aliphatic rings. The largest absolute Gasteiger partial charge is 0.457 e. The van der Waals surface area contributed by atoms with Crippen LogP contribution in [0, 0.1) is 6.92 Å². The van der Waals surface area contributed by atoms with Crippen LogP contribution in [0.25, 0.3) is 0 Å². The van der Waals surface area contributed by atoms with Gasteiger partial charge in [0.25, 0.3) is 0 Å². The number of benzene rings is 3. The van der Waals surface area contributed by atoms with E-state index in [0.717, 1.165) is 28.4 Å². The number of para-hydroxylation sites is 2. The summed E-state index contributed by atoms with van der Waals surface area (Å²) in [5, 5.41) is 5.63. The van der Waals surface area contributed by atoms with Crippen LogP contribution in [0.5, 0.6) is 11.5 Å². The summed E-state index contributed by atoms with van der Waals surface area (Å²) in [5.41, 5.74) is 2.41. The highest BCUT2D eigenvalue weighted by molar-refractivity contribution is 6.00. The number of hydrogen-bond donors (Lipinski definition) is 2. The molecule has 0 heterocycles. The van der Waals surface area contributed by atoms with Crippen molar-refractivity contribution in [3.63, 3.8) is 0 Å². The fraction of sp³-hybridized carbons (Fsp3) is 0.0500. The van der Waals surface area contributed by atoms with Gasteiger partial charge in [-0.15, -0.1) is 0 Å². The average Bonchev–Trinajstić information content (AvgIpc) is 2.59. The molecule has 3 aromatic rings. The Morgan fingerprint density at radius 2 is 1.46 bits per heavy atom. The van der Waals surface area contributed by atoms with Gasteiger partial charge in [-0.3, -0.25) is 0 Å². The summed E-state index contributed by atoms with van der Waals surface area (Å²) in [7, 11) is 0. The maximum absolute atomic E-state index is 12.1. The van der Waals surface area contributed by atoms with Crippen LogP contribution in [0.4, 0.5) is 16.2 Å². The van der Waals surface area contributed by atoms with E-state index in [1.807, 2.05) is 85.8 Å². The molecule has 0 saturated carbocycles. The molecule has 0 unspecified atom stereocenters. The van der Waals surface area contributed by atoms with E-state index in [2.05, 4.69) is 10.6 Å². The molecule has 0 radical (unpaired) electrons. The van der Waals surface area contributed by atoms with Crippen LogP contribution in [0.15, 0.2) is 78.9 Å². The van der Waals surface area contributed by atoms with Crippen LogP contribution < -0.4 is 15.4 Å². The predicted octanol–water partition coefficient (Wildman–Crippen LogP) is 5.43. The molecule has 0 fully saturated rings. The number of amides is 2. The first-order valence-corrected chi connectivity index (χ1v) is 7.67. The summed E-state index contributed by atoms with van der Waals surface area (Å²) in [4.78, 5) is 12.1. The van der Waals surface area contributed by atoms with Crippen LogP contribution in [-0.4, -0.2) is 6.03 Å². The van der Waals surface area contributed by atoms with E-state index in [4.69, 9.17) is 4.74 Å². The summed E-state index contributed by atoms with van der Waals surface area (Å²) < 4.78 is 5.79. The average molecular weight is 318 g/mol. The van der Waals surface area contributed by atoms with E-state index in [1.165, 1.54) is 0 Å². The third-order valence-corrected chi connectivity index (χ3v) is 3.46. The first kappa shape index (κ1) is 15.6. The van der Waals surface area contributed by atoms with Crippen molar-refractivity contribution in [3.05, 3.63) is 84.4 Å². The Morgan fingerprint density at radius 1 is 0.792 bits per heavy atom. The quantitative estimate of drug-likeness (QED) is 0.673. The maximum Gasteiger partial charge on any atom is 0.323 e. The SMILES string of the molecule is Cc1cc(Oc2ccccc2)ccc1NC(=O)Nc1ccccc1. The van der Waals surface area contributed by atoms with Gasteiger partial charge in [0.1, 0.15) is 11.5 Å². The maximum atomic E-state index is 12.1. The van der Waals surface area contributed by atoms with Crippen LogP contribution in [0.3, 0.4) is 0 Å². The standard InChI is InChI=1S/C20H18N2O2/c1-15-14-18(24-17-10-6-3-7-11-17)12-13-19(15)22-20(23)21-16-8-4-2-5-9-16/h2-14H,1H3,(H2,21,22,23). The summed E-state index contributed by atoms with van der Waals surface area (Å²) in [6.07, 6.45) is 0. The Balaban J connectivity index is 1.65. The molecule has 0 atom stereocenters. The van der Waals surface area contributed by atoms with Crippen molar-refractivity contribution in [3.8, 4) is 11.5 Å². The van der Waals surface area contributed by atoms with Crippen LogP contribution in [-0.2, 0) is 0 Å². The Morgan fingerprint density at radius 3 is 2.12 bits per heavy atom. The van der Waals surface area contributed by atoms with E-state index in [9.17, 15) is 4.79 Å². The van der Waals surface area contributed by atoms with Gasteiger partial charge in [-0.2, -0.15) is 0 Å². The monoisotopic (exact) mass is 318 g/mol. The van der Waals surface area contributed by atoms with Crippen molar-refractivity contribution < 1.29 is 9.53 Å². The number of rotatable bonds is 4. The van der Waals surface area contributed by atoms with Gasteiger partial charge in [-0.1, -0.05) is 36.4 Å². The zero-order chi connectivity index (χ0) is 16.8. The summed E-state index contributed by atoms with van der Waals surface area (Å²) in [6.45, 7) is 1.93. The normalized spacial score (nSPS) is 10.0. The van der Waals surface area contributed by atoms with Gasteiger partial charge >= 0.3 is 6.03 Å². The van der Waals surface area contributed by atoms with Crippen molar-refractivity contribution >= 4 is 17.4 Å². The Kier molecular flexibility index (Phi) is 4.77. The molecule has 0 bridgehead atoms. The first-order valence-electron chi connectivity index (χ1n) is 7.67. The Bertz CT molecular complexity index is 818. The zero-order valence-corrected chi connectivity index (χ0v) is 13.3. The number of carbonyl (C=O) groups excluding carboxylic acids is 1. The first-order chi connectivity index (χ1) is 11.7. The van der Waals surface area contributed by atoms with E-state index in [-0.39, 0.29) is 6.03 Å². The van der Waals surface area contributed by atoms with Crippen molar-refractivity contribution in [1.82, 2.24) is 0 Å². The number of urea groups is 1. The number of aryl methyl sites for hydroxylation is 1. The van der Waals surface area contributed by atoms with Gasteiger partial charge in [-0.05, 0) is 55.0 Å². The third kappa shape index (κ3) is 4.14. The molecular weight excluding hydrogens is 300 g/mol. The highest BCUT2D eigenvalue weighted by atomic mass is 16.5. The zero-order valence-electron chi connectivity index (χ0n) is 13.3. The van der Waals surface area contributed by atoms with Gasteiger partial charge in [-0.25, -0.2) is 4.79 Å². The minimum Gasteiger partial charge on any atom is -0.457 e. The third-order valence-electron chi connectivity index (χ3n) is 3.46. The lowest BCUT2D eigenvalue weighted by Crippen LogP contribution is -2.19. The molecular formula is C20H18N2O2. The van der Waals surface area contributed by atoms with E-state index >= 15 is 0 Å². The second-order valence-corrected chi connectivity index (χ2v) is 5.34. The van der Waals surface area contributed by atoms with E-state index in [1.54, 1.807) is 0 Å². The molecule has 0 saturated heterocycles. The van der Waals surface area contributed by atoms with Crippen molar-refractivity contribution in [1.29, 1.82) is 0 Å². The summed E-state index contributed by atoms with van der Waals surface area (Å²) in [5.74, 6) is 1.51. The van der Waals surface area contributed by atoms with Gasteiger partial charge in [0, 0.05) is 11.4 Å². The molecule has 0 aliphatic heterocycles. The van der Waals surface area contributed by atoms with Gasteiger partial charge in [0.05, 0.1) is 0 Å². The molecule has 4 nitrogen and oxygen atoms in total. The van der Waals surface area contributed by atoms with Crippen molar-refractivity contribution in [2.45, 2.75) is 6.92 Å². The van der Waals surface area contributed by atoms with E-state index < -0.39 is 0 Å². The lowest BCUT2D eigenvalue weighted by molar-refractivity contribution is 0.262. The smallest absolute Gasteiger partial charge is 0.323 e. The summed E-state index contributed by atoms with van der Waals surface area (Å²) >= 11 is 0. The molecule has 3 rings (SSSR count). The minimum atomic E-state index is -0.277. The Hall–Kier alpha value is -3.27. The molecule has 0 aliphatic carbocycles. The van der Waals surface area contributed by atoms with Crippen LogP contribution in [0.2, 0.25) is 0 Å². The van der Waals surface area contributed by atoms with Gasteiger partial charge in [0.15, 0.2) is 0 Å². The van der Waals surface area contributed by atoms with Gasteiger partial charge in [0.2, 0.25) is 0 Å². The number of anilines is 2. The lowest BCUT2D eigenvalue weighted by Gasteiger charge is -2.12. The Labute approximate surface area is 141 Å². The fourth-order valence-corrected chi connectivity index (χ4v) is 2.27. The molecule has 120 valence electrons. The number of hydrogen-bond acceptors (Lipinski definition) is 2. The molecule has 2 N–H and O–H groups in total. The molecule has 3 aromatic carbocycles. The predicted molar refractivity (Wildman–Crippen MR) is 96.8 cm³/mol. The lowest BCUT2D eigenvalue weighted by atomic mass is 10.2. The topological polar surface area (TPSA) is 50.4 Å². The molecule has 2 amide bonds. The van der Waals surface area contributed by atoms with Crippen molar-refractivity contribution in [2.24, 2.45) is 0 Å². The van der Waals surface area contributed by atoms with Crippen molar-refractivity contribution in [2.75, 3.05) is 10.6 Å². The summed E-state index contributed by atoms with van der Waals surface area (Å²) in [6, 6.07) is 24.2. The van der Waals surface area contributed by atoms with Gasteiger partial charge < -0.3 is 15.4 Å². The highest BCUT2D eigenvalue weighted by Gasteiger charge is 2.06. The number of ether oxygens (including phenoxy) is 1. The molecule has 0 aromatic heterocycles. The second kappa shape index (κ2) is 7.33. The highest BCUT2D eigenvalue weighted by Crippen LogP contribution is 2.26. The van der Waals surface area contributed by atoms with E-state index in [0.29, 0.717) is 0 Å². The van der Waals surface area contributed by atoms with Crippen LogP contribution >= 0.6 is 0 Å². The fourth-order valence-electron chi connectivity index (χ4n) is 2.27. The molecule has 0 spiro atoms. The minimum absolute atomic E-state index is 0.277.